The number of hydrogen-bond acceptors (Lipinski definition) is 7. The van der Waals surface area contributed by atoms with Crippen molar-refractivity contribution in [2.45, 2.75) is 23.9 Å². The van der Waals surface area contributed by atoms with Crippen molar-refractivity contribution in [2.24, 2.45) is 0 Å². The Morgan fingerprint density at radius 2 is 2.03 bits per heavy atom. The number of aromatic nitrogens is 4. The number of thioether (sulfide) groups is 1. The highest BCUT2D eigenvalue weighted by molar-refractivity contribution is 8.00. The first kappa shape index (κ1) is 20.2. The van der Waals surface area contributed by atoms with Crippen LogP contribution in [0, 0.1) is 10.1 Å². The molecule has 3 rings (SSSR count). The highest BCUT2D eigenvalue weighted by Gasteiger charge is 2.22. The standard InChI is InChI=1S/C19H18N6O3S/c1-3-12-24-17(14-8-10-20-11-9-14)22-23-19(24)29-13(2)18(26)21-15-6-4-5-7-16(15)25(27)28/h3-11,13H,1,12H2,2H3,(H,21,26)/t13-/m0/s1. The number of para-hydroxylation sites is 2. The molecule has 0 bridgehead atoms. The van der Waals surface area contributed by atoms with Crippen LogP contribution in [-0.2, 0) is 11.3 Å². The number of pyridine rings is 1. The maximum Gasteiger partial charge on any atom is 0.292 e. The predicted molar refractivity (Wildman–Crippen MR) is 110 cm³/mol. The number of carbonyl (C=O) groups is 1. The summed E-state index contributed by atoms with van der Waals surface area (Å²) in [6.45, 7) is 5.93. The van der Waals surface area contributed by atoms with Crippen molar-refractivity contribution in [1.82, 2.24) is 19.7 Å². The van der Waals surface area contributed by atoms with E-state index in [1.807, 2.05) is 16.7 Å². The molecule has 10 heteroatoms. The van der Waals surface area contributed by atoms with E-state index in [9.17, 15) is 14.9 Å². The minimum atomic E-state index is -0.562. The number of allylic oxidation sites excluding steroid dienone is 1. The Kier molecular flexibility index (Phi) is 6.35. The Morgan fingerprint density at radius 1 is 1.31 bits per heavy atom. The molecule has 0 aliphatic carbocycles. The van der Waals surface area contributed by atoms with Gasteiger partial charge in [0.25, 0.3) is 5.69 Å². The Hall–Kier alpha value is -3.53. The summed E-state index contributed by atoms with van der Waals surface area (Å²) >= 11 is 1.21. The number of anilines is 1. The van der Waals surface area contributed by atoms with E-state index < -0.39 is 10.2 Å². The number of rotatable bonds is 8. The molecule has 2 heterocycles. The van der Waals surface area contributed by atoms with Crippen LogP contribution in [0.25, 0.3) is 11.4 Å². The van der Waals surface area contributed by atoms with E-state index in [4.69, 9.17) is 0 Å². The molecule has 0 unspecified atom stereocenters. The lowest BCUT2D eigenvalue weighted by atomic mass is 10.2. The Bertz CT molecular complexity index is 1040. The zero-order chi connectivity index (χ0) is 20.8. The molecule has 0 saturated carbocycles. The van der Waals surface area contributed by atoms with Gasteiger partial charge in [0, 0.05) is 30.6 Å². The van der Waals surface area contributed by atoms with Crippen molar-refractivity contribution in [3.63, 3.8) is 0 Å². The smallest absolute Gasteiger partial charge is 0.292 e. The highest BCUT2D eigenvalue weighted by atomic mass is 32.2. The van der Waals surface area contributed by atoms with E-state index in [0.717, 1.165) is 5.56 Å². The molecule has 1 aromatic carbocycles. The fraction of sp³-hybridized carbons (Fsp3) is 0.158. The van der Waals surface area contributed by atoms with E-state index >= 15 is 0 Å². The first-order chi connectivity index (χ1) is 14.0. The largest absolute Gasteiger partial charge is 0.319 e. The van der Waals surface area contributed by atoms with Gasteiger partial charge in [-0.05, 0) is 25.1 Å². The molecular formula is C19H18N6O3S. The molecule has 29 heavy (non-hydrogen) atoms. The summed E-state index contributed by atoms with van der Waals surface area (Å²) < 4.78 is 1.85. The van der Waals surface area contributed by atoms with Gasteiger partial charge in [0.15, 0.2) is 11.0 Å². The second-order valence-corrected chi connectivity index (χ2v) is 7.27. The topological polar surface area (TPSA) is 116 Å². The molecule has 0 radical (unpaired) electrons. The predicted octanol–water partition coefficient (Wildman–Crippen LogP) is 3.55. The Balaban J connectivity index is 1.79. The second kappa shape index (κ2) is 9.11. The van der Waals surface area contributed by atoms with E-state index in [2.05, 4.69) is 27.1 Å². The van der Waals surface area contributed by atoms with Crippen LogP contribution in [0.15, 0.2) is 66.6 Å². The minimum absolute atomic E-state index is 0.153. The van der Waals surface area contributed by atoms with Crippen molar-refractivity contribution < 1.29 is 9.72 Å². The summed E-state index contributed by atoms with van der Waals surface area (Å²) in [6, 6.07) is 9.65. The van der Waals surface area contributed by atoms with Crippen LogP contribution in [0.3, 0.4) is 0 Å². The van der Waals surface area contributed by atoms with Gasteiger partial charge in [0.1, 0.15) is 5.69 Å². The minimum Gasteiger partial charge on any atom is -0.319 e. The van der Waals surface area contributed by atoms with Gasteiger partial charge in [0.05, 0.1) is 10.2 Å². The molecule has 1 N–H and O–H groups in total. The highest BCUT2D eigenvalue weighted by Crippen LogP contribution is 2.29. The van der Waals surface area contributed by atoms with Gasteiger partial charge >= 0.3 is 0 Å². The summed E-state index contributed by atoms with van der Waals surface area (Å²) in [7, 11) is 0. The van der Waals surface area contributed by atoms with E-state index in [-0.39, 0.29) is 17.3 Å². The third-order valence-electron chi connectivity index (χ3n) is 3.98. The van der Waals surface area contributed by atoms with E-state index in [1.54, 1.807) is 37.5 Å². The number of nitrogens with one attached hydrogen (secondary N) is 1. The normalized spacial score (nSPS) is 11.6. The number of carbonyl (C=O) groups excluding carboxylic acids is 1. The molecule has 1 atom stereocenters. The van der Waals surface area contributed by atoms with Crippen molar-refractivity contribution in [1.29, 1.82) is 0 Å². The van der Waals surface area contributed by atoms with Gasteiger partial charge in [-0.25, -0.2) is 0 Å². The van der Waals surface area contributed by atoms with Crippen molar-refractivity contribution in [2.75, 3.05) is 5.32 Å². The summed E-state index contributed by atoms with van der Waals surface area (Å²) in [5.74, 6) is 0.268. The third kappa shape index (κ3) is 4.66. The molecular weight excluding hydrogens is 392 g/mol. The maximum absolute atomic E-state index is 12.6. The fourth-order valence-electron chi connectivity index (χ4n) is 2.57. The van der Waals surface area contributed by atoms with Crippen LogP contribution in [-0.4, -0.2) is 35.8 Å². The van der Waals surface area contributed by atoms with Crippen molar-refractivity contribution in [3.05, 3.63) is 71.6 Å². The fourth-order valence-corrected chi connectivity index (χ4v) is 3.43. The van der Waals surface area contributed by atoms with Gasteiger partial charge in [-0.2, -0.15) is 0 Å². The second-order valence-electron chi connectivity index (χ2n) is 5.96. The van der Waals surface area contributed by atoms with Gasteiger partial charge in [-0.15, -0.1) is 16.8 Å². The first-order valence-corrected chi connectivity index (χ1v) is 9.54. The summed E-state index contributed by atoms with van der Waals surface area (Å²) in [4.78, 5) is 27.2. The Labute approximate surface area is 171 Å². The molecule has 0 aliphatic heterocycles. The lowest BCUT2D eigenvalue weighted by Crippen LogP contribution is -2.23. The van der Waals surface area contributed by atoms with Gasteiger partial charge < -0.3 is 5.32 Å². The average Bonchev–Trinajstić information content (AvgIpc) is 3.11. The van der Waals surface area contributed by atoms with Crippen molar-refractivity contribution >= 4 is 29.0 Å². The van der Waals surface area contributed by atoms with Gasteiger partial charge in [-0.1, -0.05) is 30.0 Å². The number of benzene rings is 1. The van der Waals surface area contributed by atoms with Crippen LogP contribution in [0.5, 0.6) is 0 Å². The molecule has 3 aromatic rings. The number of nitro groups is 1. The van der Waals surface area contributed by atoms with E-state index in [0.29, 0.717) is 17.5 Å². The van der Waals surface area contributed by atoms with E-state index in [1.165, 1.54) is 23.9 Å². The number of hydrogen-bond donors (Lipinski definition) is 1. The summed E-state index contributed by atoms with van der Waals surface area (Å²) in [5, 5.41) is 22.2. The zero-order valence-corrected chi connectivity index (χ0v) is 16.4. The molecule has 0 fully saturated rings. The molecule has 2 aromatic heterocycles. The molecule has 9 nitrogen and oxygen atoms in total. The van der Waals surface area contributed by atoms with Crippen molar-refractivity contribution in [3.8, 4) is 11.4 Å². The molecule has 0 saturated heterocycles. The number of amides is 1. The number of nitro benzene ring substituents is 1. The molecule has 0 aliphatic rings. The SMILES string of the molecule is C=CCn1c(S[C@@H](C)C(=O)Nc2ccccc2[N+](=O)[O-])nnc1-c1ccncc1. The lowest BCUT2D eigenvalue weighted by Gasteiger charge is -2.13. The van der Waals surface area contributed by atoms with Crippen LogP contribution in [0.4, 0.5) is 11.4 Å². The third-order valence-corrected chi connectivity index (χ3v) is 5.06. The Morgan fingerprint density at radius 3 is 2.72 bits per heavy atom. The monoisotopic (exact) mass is 410 g/mol. The molecule has 148 valence electrons. The molecule has 1 amide bonds. The van der Waals surface area contributed by atoms with Gasteiger partial charge in [0.2, 0.25) is 5.91 Å². The maximum atomic E-state index is 12.6. The van der Waals surface area contributed by atoms with Crippen LogP contribution in [0.1, 0.15) is 6.92 Å². The summed E-state index contributed by atoms with van der Waals surface area (Å²) in [5.41, 5.74) is 0.839. The van der Waals surface area contributed by atoms with Gasteiger partial charge in [-0.3, -0.25) is 24.5 Å². The van der Waals surface area contributed by atoms with Crippen LogP contribution in [0.2, 0.25) is 0 Å². The molecule has 0 spiro atoms. The first-order valence-electron chi connectivity index (χ1n) is 8.66. The average molecular weight is 410 g/mol. The zero-order valence-electron chi connectivity index (χ0n) is 15.6. The van der Waals surface area contributed by atoms with Crippen LogP contribution < -0.4 is 5.32 Å². The quantitative estimate of drug-likeness (QED) is 0.261. The van der Waals surface area contributed by atoms with Crippen LogP contribution >= 0.6 is 11.8 Å². The lowest BCUT2D eigenvalue weighted by molar-refractivity contribution is -0.383. The number of nitrogens with zero attached hydrogens (tertiary/aromatic N) is 5. The summed E-state index contributed by atoms with van der Waals surface area (Å²) in [6.07, 6.45) is 5.05.